The quantitative estimate of drug-likeness (QED) is 0.844. The maximum Gasteiger partial charge on any atom is 0.167 e. The zero-order valence-corrected chi connectivity index (χ0v) is 11.9. The van der Waals surface area contributed by atoms with E-state index in [0.717, 1.165) is 12.2 Å². The van der Waals surface area contributed by atoms with Gasteiger partial charge in [0.25, 0.3) is 0 Å². The van der Waals surface area contributed by atoms with Crippen LogP contribution in [0.15, 0.2) is 18.2 Å². The number of ether oxygens (including phenoxy) is 1. The van der Waals surface area contributed by atoms with Crippen LogP contribution in [0, 0.1) is 5.82 Å². The van der Waals surface area contributed by atoms with Gasteiger partial charge in [-0.05, 0) is 40.0 Å². The van der Waals surface area contributed by atoms with Crippen molar-refractivity contribution in [2.75, 3.05) is 32.1 Å². The summed E-state index contributed by atoms with van der Waals surface area (Å²) in [5.41, 5.74) is 0.755. The summed E-state index contributed by atoms with van der Waals surface area (Å²) in [4.78, 5) is 2.06. The molecule has 1 N–H and O–H groups in total. The van der Waals surface area contributed by atoms with Crippen LogP contribution in [0.4, 0.5) is 10.1 Å². The Morgan fingerprint density at radius 2 is 2.06 bits per heavy atom. The summed E-state index contributed by atoms with van der Waals surface area (Å²) in [6.45, 7) is 7.35. The zero-order chi connectivity index (χ0) is 13.8. The Kier molecular flexibility index (Phi) is 4.96. The molecule has 0 aromatic heterocycles. The fourth-order valence-electron chi connectivity index (χ4n) is 1.87. The highest BCUT2D eigenvalue weighted by atomic mass is 19.1. The summed E-state index contributed by atoms with van der Waals surface area (Å²) in [7, 11) is 3.88. The Morgan fingerprint density at radius 1 is 1.39 bits per heavy atom. The molecular weight excluding hydrogens is 231 g/mol. The molecule has 0 aliphatic heterocycles. The molecule has 0 aliphatic rings. The lowest BCUT2D eigenvalue weighted by atomic mass is 10.0. The molecule has 0 bridgehead atoms. The largest absolute Gasteiger partial charge is 0.491 e. The first-order valence-corrected chi connectivity index (χ1v) is 6.23. The monoisotopic (exact) mass is 254 g/mol. The van der Waals surface area contributed by atoms with E-state index < -0.39 is 0 Å². The number of benzene rings is 1. The van der Waals surface area contributed by atoms with Crippen molar-refractivity contribution < 1.29 is 9.13 Å². The number of anilines is 1. The molecule has 3 nitrogen and oxygen atoms in total. The van der Waals surface area contributed by atoms with Gasteiger partial charge >= 0.3 is 0 Å². The molecule has 0 atom stereocenters. The number of likely N-dealkylation sites (N-methyl/N-ethyl adjacent to an activating group) is 2. The maximum atomic E-state index is 13.8. The second-order valence-electron chi connectivity index (χ2n) is 4.95. The SMILES string of the molecule is CCOc1ccc(N(C)C(C)(C)CNC)cc1F. The maximum absolute atomic E-state index is 13.8. The Labute approximate surface area is 109 Å². The molecule has 0 saturated carbocycles. The van der Waals surface area contributed by atoms with Gasteiger partial charge < -0.3 is 15.0 Å². The van der Waals surface area contributed by atoms with Gasteiger partial charge in [0, 0.05) is 30.9 Å². The lowest BCUT2D eigenvalue weighted by Gasteiger charge is -2.37. The highest BCUT2D eigenvalue weighted by molar-refractivity contribution is 5.51. The summed E-state index contributed by atoms with van der Waals surface area (Å²) in [6.07, 6.45) is 0. The predicted molar refractivity (Wildman–Crippen MR) is 74.0 cm³/mol. The van der Waals surface area contributed by atoms with Gasteiger partial charge in [-0.2, -0.15) is 0 Å². The molecule has 0 unspecified atom stereocenters. The fourth-order valence-corrected chi connectivity index (χ4v) is 1.87. The van der Waals surface area contributed by atoms with Crippen LogP contribution < -0.4 is 15.0 Å². The molecule has 1 aromatic rings. The van der Waals surface area contributed by atoms with Gasteiger partial charge in [0.2, 0.25) is 0 Å². The standard InChI is InChI=1S/C14H23FN2O/c1-6-18-13-8-7-11(9-12(13)15)17(5)14(2,3)10-16-4/h7-9,16H,6,10H2,1-5H3. The smallest absolute Gasteiger partial charge is 0.167 e. The van der Waals surface area contributed by atoms with Crippen molar-refractivity contribution in [3.8, 4) is 5.75 Å². The second kappa shape index (κ2) is 6.05. The topological polar surface area (TPSA) is 24.5 Å². The minimum absolute atomic E-state index is 0.0890. The molecule has 0 spiro atoms. The van der Waals surface area contributed by atoms with E-state index in [1.807, 2.05) is 27.1 Å². The average Bonchev–Trinajstić information content (AvgIpc) is 2.31. The molecule has 102 valence electrons. The molecule has 18 heavy (non-hydrogen) atoms. The number of nitrogens with one attached hydrogen (secondary N) is 1. The number of rotatable bonds is 6. The lowest BCUT2D eigenvalue weighted by Crippen LogP contribution is -2.48. The molecule has 0 aliphatic carbocycles. The van der Waals surface area contributed by atoms with Crippen LogP contribution in [0.2, 0.25) is 0 Å². The van der Waals surface area contributed by atoms with Crippen molar-refractivity contribution in [2.24, 2.45) is 0 Å². The van der Waals surface area contributed by atoms with Gasteiger partial charge in [-0.1, -0.05) is 0 Å². The molecule has 0 fully saturated rings. The number of nitrogens with zero attached hydrogens (tertiary/aromatic N) is 1. The predicted octanol–water partition coefficient (Wildman–Crippen LogP) is 2.66. The summed E-state index contributed by atoms with van der Waals surface area (Å²) in [6, 6.07) is 5.08. The van der Waals surface area contributed by atoms with Gasteiger partial charge in [-0.25, -0.2) is 4.39 Å². The number of hydrogen-bond donors (Lipinski definition) is 1. The van der Waals surface area contributed by atoms with Crippen LogP contribution in [0.5, 0.6) is 5.75 Å². The van der Waals surface area contributed by atoms with E-state index >= 15 is 0 Å². The van der Waals surface area contributed by atoms with E-state index in [1.54, 1.807) is 6.07 Å². The molecule has 0 amide bonds. The molecular formula is C14H23FN2O. The van der Waals surface area contributed by atoms with Crippen molar-refractivity contribution in [3.05, 3.63) is 24.0 Å². The third-order valence-corrected chi connectivity index (χ3v) is 3.12. The van der Waals surface area contributed by atoms with Crippen LogP contribution in [0.3, 0.4) is 0 Å². The van der Waals surface area contributed by atoms with Crippen molar-refractivity contribution in [3.63, 3.8) is 0 Å². The summed E-state index contributed by atoms with van der Waals surface area (Å²) in [5.74, 6) is -0.0115. The van der Waals surface area contributed by atoms with Crippen molar-refractivity contribution in [1.29, 1.82) is 0 Å². The van der Waals surface area contributed by atoms with E-state index in [9.17, 15) is 4.39 Å². The highest BCUT2D eigenvalue weighted by Gasteiger charge is 2.23. The van der Waals surface area contributed by atoms with E-state index in [2.05, 4.69) is 24.1 Å². The van der Waals surface area contributed by atoms with Crippen molar-refractivity contribution >= 4 is 5.69 Å². The van der Waals surface area contributed by atoms with E-state index in [4.69, 9.17) is 4.74 Å². The molecule has 0 heterocycles. The zero-order valence-electron chi connectivity index (χ0n) is 11.9. The van der Waals surface area contributed by atoms with E-state index in [0.29, 0.717) is 12.4 Å². The normalized spacial score (nSPS) is 11.4. The molecule has 1 rings (SSSR count). The Morgan fingerprint density at radius 3 is 2.56 bits per heavy atom. The van der Waals surface area contributed by atoms with Crippen LogP contribution in [-0.4, -0.2) is 32.8 Å². The summed E-state index contributed by atoms with van der Waals surface area (Å²) < 4.78 is 19.0. The first kappa shape index (κ1) is 14.8. The van der Waals surface area contributed by atoms with Crippen LogP contribution >= 0.6 is 0 Å². The van der Waals surface area contributed by atoms with Gasteiger partial charge in [0.1, 0.15) is 0 Å². The van der Waals surface area contributed by atoms with Crippen LogP contribution in [0.25, 0.3) is 0 Å². The summed E-state index contributed by atoms with van der Waals surface area (Å²) >= 11 is 0. The second-order valence-corrected chi connectivity index (χ2v) is 4.95. The minimum atomic E-state index is -0.318. The van der Waals surface area contributed by atoms with Crippen LogP contribution in [0.1, 0.15) is 20.8 Å². The van der Waals surface area contributed by atoms with Gasteiger partial charge in [-0.15, -0.1) is 0 Å². The van der Waals surface area contributed by atoms with E-state index in [1.165, 1.54) is 6.07 Å². The third kappa shape index (κ3) is 3.35. The Bertz CT molecular complexity index is 393. The molecule has 0 radical (unpaired) electrons. The van der Waals surface area contributed by atoms with Crippen LogP contribution in [-0.2, 0) is 0 Å². The highest BCUT2D eigenvalue weighted by Crippen LogP contribution is 2.27. The third-order valence-electron chi connectivity index (χ3n) is 3.12. The first-order chi connectivity index (χ1) is 8.42. The van der Waals surface area contributed by atoms with Crippen molar-refractivity contribution in [1.82, 2.24) is 5.32 Å². The van der Waals surface area contributed by atoms with Gasteiger partial charge in [-0.3, -0.25) is 0 Å². The molecule has 4 heteroatoms. The molecule has 1 aromatic carbocycles. The number of hydrogen-bond acceptors (Lipinski definition) is 3. The fraction of sp³-hybridized carbons (Fsp3) is 0.571. The Balaban J connectivity index is 2.93. The lowest BCUT2D eigenvalue weighted by molar-refractivity contribution is 0.321. The number of halogens is 1. The average molecular weight is 254 g/mol. The van der Waals surface area contributed by atoms with Crippen molar-refractivity contribution in [2.45, 2.75) is 26.3 Å². The van der Waals surface area contributed by atoms with E-state index in [-0.39, 0.29) is 11.4 Å². The first-order valence-electron chi connectivity index (χ1n) is 6.23. The van der Waals surface area contributed by atoms with Gasteiger partial charge in [0.15, 0.2) is 11.6 Å². The van der Waals surface area contributed by atoms with Gasteiger partial charge in [0.05, 0.1) is 6.61 Å². The summed E-state index contributed by atoms with van der Waals surface area (Å²) in [5, 5.41) is 3.14. The minimum Gasteiger partial charge on any atom is -0.491 e. The Hall–Kier alpha value is -1.29. The molecule has 0 saturated heterocycles.